The molecule has 0 aliphatic carbocycles. The van der Waals surface area contributed by atoms with E-state index in [1.807, 2.05) is 60.6 Å². The molecule has 5 heterocycles. The quantitative estimate of drug-likeness (QED) is 0.208. The van der Waals surface area contributed by atoms with Gasteiger partial charge in [-0.05, 0) is 55.6 Å². The average molecular weight is 623 g/mol. The van der Waals surface area contributed by atoms with Gasteiger partial charge in [0.1, 0.15) is 29.6 Å². The first kappa shape index (κ1) is 28.9. The topological polar surface area (TPSA) is 98.3 Å². The van der Waals surface area contributed by atoms with E-state index in [2.05, 4.69) is 11.7 Å². The normalized spacial score (nSPS) is 15.4. The van der Waals surface area contributed by atoms with Crippen LogP contribution in [0.2, 0.25) is 0 Å². The van der Waals surface area contributed by atoms with Crippen molar-refractivity contribution in [3.8, 4) is 39.5 Å². The van der Waals surface area contributed by atoms with E-state index in [-0.39, 0.29) is 24.1 Å². The third-order valence-corrected chi connectivity index (χ3v) is 9.09. The van der Waals surface area contributed by atoms with Crippen LogP contribution in [0, 0.1) is 5.82 Å². The largest absolute Gasteiger partial charge is 0.490 e. The molecule has 228 valence electrons. The fourth-order valence-electron chi connectivity index (χ4n) is 6.07. The van der Waals surface area contributed by atoms with Crippen LogP contribution < -0.4 is 4.74 Å². The zero-order valence-electron chi connectivity index (χ0n) is 25.1. The lowest BCUT2D eigenvalue weighted by molar-refractivity contribution is -0.129. The molecule has 0 radical (unpaired) electrons. The molecule has 45 heavy (non-hydrogen) atoms. The highest BCUT2D eigenvalue weighted by Gasteiger charge is 2.31. The molecule has 1 aliphatic rings. The van der Waals surface area contributed by atoms with Gasteiger partial charge in [0.15, 0.2) is 0 Å². The standard InChI is InChI=1S/C34H31FN6O3S/c1-5-29(43)40-12-13-41-27(20(40)3)16-26(38-41)33-30(31-24(35)7-6-8-28(31)44-18-19(2)42)23-11-14-45-34(23)32(36-33)21-9-10-22-17-39(4)37-25(22)15-21/h5-11,14-17,19-20,42H,1,12-13,18H2,2-4H3/t19?,20-/m1/s1. The molecule has 11 heteroatoms. The van der Waals surface area contributed by atoms with Gasteiger partial charge in [-0.25, -0.2) is 9.37 Å². The summed E-state index contributed by atoms with van der Waals surface area (Å²) < 4.78 is 26.5. The summed E-state index contributed by atoms with van der Waals surface area (Å²) in [5.41, 5.74) is 5.14. The SMILES string of the molecule is C=CC(=O)N1CCn2nc(-c3nc(-c4ccc5cn(C)nc5c4)c4sccc4c3-c3c(F)cccc3OCC(C)O)cc2[C@H]1C. The van der Waals surface area contributed by atoms with E-state index >= 15 is 4.39 Å². The third-order valence-electron chi connectivity index (χ3n) is 8.17. The molecule has 1 unspecified atom stereocenters. The highest BCUT2D eigenvalue weighted by molar-refractivity contribution is 7.17. The Kier molecular flexibility index (Phi) is 7.22. The number of halogens is 1. The van der Waals surface area contributed by atoms with Gasteiger partial charge < -0.3 is 14.7 Å². The van der Waals surface area contributed by atoms with Gasteiger partial charge in [-0.3, -0.25) is 14.2 Å². The van der Waals surface area contributed by atoms with Gasteiger partial charge in [-0.15, -0.1) is 11.3 Å². The van der Waals surface area contributed by atoms with Crippen molar-refractivity contribution >= 4 is 38.2 Å². The Labute approximate surface area is 262 Å². The van der Waals surface area contributed by atoms with Gasteiger partial charge in [0.2, 0.25) is 5.91 Å². The van der Waals surface area contributed by atoms with E-state index in [1.165, 1.54) is 23.5 Å². The number of aliphatic hydroxyl groups excluding tert-OH is 1. The Morgan fingerprint density at radius 3 is 2.82 bits per heavy atom. The van der Waals surface area contributed by atoms with E-state index in [0.29, 0.717) is 35.8 Å². The minimum absolute atomic E-state index is 0.00236. The first-order chi connectivity index (χ1) is 21.7. The number of carbonyl (C=O) groups excluding carboxylic acids is 1. The second-order valence-corrected chi connectivity index (χ2v) is 12.2. The molecule has 4 aromatic heterocycles. The van der Waals surface area contributed by atoms with Gasteiger partial charge >= 0.3 is 0 Å². The molecule has 0 bridgehead atoms. The van der Waals surface area contributed by atoms with Gasteiger partial charge in [0.25, 0.3) is 0 Å². The predicted octanol–water partition coefficient (Wildman–Crippen LogP) is 6.37. The number of amides is 1. The molecular formula is C34H31FN6O3S. The lowest BCUT2D eigenvalue weighted by Crippen LogP contribution is -2.40. The maximum atomic E-state index is 16.0. The van der Waals surface area contributed by atoms with Crippen LogP contribution >= 0.6 is 11.3 Å². The Morgan fingerprint density at radius 1 is 1.18 bits per heavy atom. The van der Waals surface area contributed by atoms with Crippen LogP contribution in [0.5, 0.6) is 5.75 Å². The maximum absolute atomic E-state index is 16.0. The van der Waals surface area contributed by atoms with Crippen molar-refractivity contribution in [3.63, 3.8) is 0 Å². The monoisotopic (exact) mass is 622 g/mol. The molecule has 6 aromatic rings. The molecule has 2 atom stereocenters. The number of ether oxygens (including phenoxy) is 1. The molecule has 2 aromatic carbocycles. The van der Waals surface area contributed by atoms with Crippen LogP contribution in [-0.4, -0.2) is 59.7 Å². The van der Waals surface area contributed by atoms with Crippen molar-refractivity contribution < 1.29 is 19.0 Å². The number of rotatable bonds is 7. The van der Waals surface area contributed by atoms with E-state index in [0.717, 1.165) is 37.9 Å². The maximum Gasteiger partial charge on any atom is 0.246 e. The first-order valence-electron chi connectivity index (χ1n) is 14.7. The van der Waals surface area contributed by atoms with Crippen molar-refractivity contribution in [2.75, 3.05) is 13.2 Å². The molecule has 1 aliphatic heterocycles. The molecule has 9 nitrogen and oxygen atoms in total. The summed E-state index contributed by atoms with van der Waals surface area (Å²) in [5, 5.41) is 23.3. The summed E-state index contributed by atoms with van der Waals surface area (Å²) in [5.74, 6) is -0.320. The summed E-state index contributed by atoms with van der Waals surface area (Å²) in [6.45, 7) is 8.22. The Bertz CT molecular complexity index is 2110. The highest BCUT2D eigenvalue weighted by Crippen LogP contribution is 2.47. The number of carbonyl (C=O) groups is 1. The number of pyridine rings is 1. The number of nitrogens with zero attached hydrogens (tertiary/aromatic N) is 6. The fourth-order valence-corrected chi connectivity index (χ4v) is 6.98. The average Bonchev–Trinajstić information content (AvgIpc) is 3.77. The molecule has 0 fully saturated rings. The van der Waals surface area contributed by atoms with Crippen LogP contribution in [-0.2, 0) is 18.4 Å². The second-order valence-electron chi connectivity index (χ2n) is 11.3. The lowest BCUT2D eigenvalue weighted by atomic mass is 9.95. The minimum Gasteiger partial charge on any atom is -0.490 e. The summed E-state index contributed by atoms with van der Waals surface area (Å²) in [6, 6.07) is 14.4. The third kappa shape index (κ3) is 4.98. The van der Waals surface area contributed by atoms with E-state index < -0.39 is 11.9 Å². The number of benzene rings is 2. The van der Waals surface area contributed by atoms with Crippen molar-refractivity contribution in [2.45, 2.75) is 32.5 Å². The zero-order chi connectivity index (χ0) is 31.4. The summed E-state index contributed by atoms with van der Waals surface area (Å²) in [7, 11) is 1.89. The van der Waals surface area contributed by atoms with Gasteiger partial charge in [-0.1, -0.05) is 24.8 Å². The molecular weight excluding hydrogens is 591 g/mol. The Balaban J connectivity index is 1.50. The van der Waals surface area contributed by atoms with E-state index in [4.69, 9.17) is 14.8 Å². The van der Waals surface area contributed by atoms with E-state index in [9.17, 15) is 9.90 Å². The predicted molar refractivity (Wildman–Crippen MR) is 173 cm³/mol. The van der Waals surface area contributed by atoms with Crippen molar-refractivity contribution in [2.24, 2.45) is 7.05 Å². The highest BCUT2D eigenvalue weighted by atomic mass is 32.1. The zero-order valence-corrected chi connectivity index (χ0v) is 25.9. The molecule has 0 saturated carbocycles. The van der Waals surface area contributed by atoms with Crippen LogP contribution in [0.3, 0.4) is 0 Å². The Morgan fingerprint density at radius 2 is 2.02 bits per heavy atom. The number of thiophene rings is 1. The van der Waals surface area contributed by atoms with Gasteiger partial charge in [0.05, 0.1) is 45.9 Å². The van der Waals surface area contributed by atoms with Crippen molar-refractivity contribution in [1.82, 2.24) is 29.4 Å². The summed E-state index contributed by atoms with van der Waals surface area (Å²) >= 11 is 1.53. The number of aromatic nitrogens is 5. The number of aryl methyl sites for hydroxylation is 1. The molecule has 0 saturated heterocycles. The number of fused-ring (bicyclic) bond motifs is 3. The molecule has 1 amide bonds. The van der Waals surface area contributed by atoms with Crippen LogP contribution in [0.15, 0.2) is 72.8 Å². The number of aliphatic hydroxyl groups is 1. The van der Waals surface area contributed by atoms with E-state index in [1.54, 1.807) is 28.6 Å². The lowest BCUT2D eigenvalue weighted by Gasteiger charge is -2.33. The van der Waals surface area contributed by atoms with Crippen LogP contribution in [0.1, 0.15) is 25.6 Å². The van der Waals surface area contributed by atoms with Crippen molar-refractivity contribution in [3.05, 3.63) is 84.3 Å². The van der Waals surface area contributed by atoms with Gasteiger partial charge in [0, 0.05) is 41.7 Å². The second kappa shape index (κ2) is 11.2. The van der Waals surface area contributed by atoms with Crippen molar-refractivity contribution in [1.29, 1.82) is 0 Å². The summed E-state index contributed by atoms with van der Waals surface area (Å²) in [6.07, 6.45) is 2.54. The summed E-state index contributed by atoms with van der Waals surface area (Å²) in [4.78, 5) is 19.6. The minimum atomic E-state index is -0.744. The Hall–Kier alpha value is -4.87. The number of hydrogen-bond donors (Lipinski definition) is 1. The number of hydrogen-bond acceptors (Lipinski definition) is 7. The molecule has 7 rings (SSSR count). The smallest absolute Gasteiger partial charge is 0.246 e. The first-order valence-corrected chi connectivity index (χ1v) is 15.6. The molecule has 0 spiro atoms. The fraction of sp³-hybridized carbons (Fsp3) is 0.235. The molecule has 1 N–H and O–H groups in total. The van der Waals surface area contributed by atoms with Crippen LogP contribution in [0.25, 0.3) is 54.8 Å². The van der Waals surface area contributed by atoms with Crippen LogP contribution in [0.4, 0.5) is 4.39 Å². The van der Waals surface area contributed by atoms with Gasteiger partial charge in [-0.2, -0.15) is 10.2 Å².